The van der Waals surface area contributed by atoms with E-state index in [0.717, 1.165) is 30.3 Å². The highest BCUT2D eigenvalue weighted by molar-refractivity contribution is 5.79. The maximum absolute atomic E-state index is 13.8. The van der Waals surface area contributed by atoms with Crippen LogP contribution in [0.4, 0.5) is 13.2 Å². The highest BCUT2D eigenvalue weighted by Crippen LogP contribution is 2.34. The van der Waals surface area contributed by atoms with Crippen LogP contribution in [0.3, 0.4) is 0 Å². The predicted molar refractivity (Wildman–Crippen MR) is 117 cm³/mol. The van der Waals surface area contributed by atoms with Crippen LogP contribution in [0.2, 0.25) is 0 Å². The van der Waals surface area contributed by atoms with Crippen molar-refractivity contribution in [3.05, 3.63) is 46.8 Å². The Labute approximate surface area is 181 Å². The molecular formula is C22H32F3N5O. The molecule has 1 aromatic carbocycles. The first-order valence-electron chi connectivity index (χ1n) is 10.6. The lowest BCUT2D eigenvalue weighted by Gasteiger charge is -2.15. The van der Waals surface area contributed by atoms with Crippen molar-refractivity contribution in [1.29, 1.82) is 0 Å². The Morgan fingerprint density at radius 3 is 2.52 bits per heavy atom. The van der Waals surface area contributed by atoms with Gasteiger partial charge in [0.25, 0.3) is 0 Å². The molecule has 0 unspecified atom stereocenters. The molecule has 0 radical (unpaired) electrons. The van der Waals surface area contributed by atoms with Gasteiger partial charge in [-0.25, -0.2) is 9.67 Å². The lowest BCUT2D eigenvalue weighted by Crippen LogP contribution is -2.37. The number of nitrogens with zero attached hydrogens (tertiary/aromatic N) is 3. The van der Waals surface area contributed by atoms with Gasteiger partial charge in [-0.05, 0) is 64.3 Å². The maximum atomic E-state index is 13.8. The number of nitrogens with one attached hydrogen (secondary N) is 2. The number of halogens is 3. The minimum Gasteiger partial charge on any atom is -0.382 e. The summed E-state index contributed by atoms with van der Waals surface area (Å²) >= 11 is 0. The first-order valence-corrected chi connectivity index (χ1v) is 10.6. The molecule has 0 amide bonds. The molecule has 6 nitrogen and oxygen atoms in total. The number of alkyl halides is 3. The Hall–Kier alpha value is -2.55. The Morgan fingerprint density at radius 1 is 1.13 bits per heavy atom. The SMILES string of the molecule is CCNC(=NCc1ccc(-n2nc(C)cc2C)cc1C(F)(F)F)NCCCCOCC. The summed E-state index contributed by atoms with van der Waals surface area (Å²) in [5.74, 6) is 0.495. The van der Waals surface area contributed by atoms with Crippen LogP contribution < -0.4 is 10.6 Å². The quantitative estimate of drug-likeness (QED) is 0.328. The summed E-state index contributed by atoms with van der Waals surface area (Å²) in [4.78, 5) is 4.36. The molecule has 0 atom stereocenters. The topological polar surface area (TPSA) is 63.5 Å². The molecule has 1 heterocycles. The van der Waals surface area contributed by atoms with E-state index in [1.165, 1.54) is 10.7 Å². The van der Waals surface area contributed by atoms with E-state index in [0.29, 0.717) is 38.0 Å². The molecule has 0 aliphatic carbocycles. The molecule has 0 saturated carbocycles. The van der Waals surface area contributed by atoms with Gasteiger partial charge < -0.3 is 15.4 Å². The fourth-order valence-corrected chi connectivity index (χ4v) is 3.17. The van der Waals surface area contributed by atoms with Gasteiger partial charge in [-0.3, -0.25) is 0 Å². The van der Waals surface area contributed by atoms with Gasteiger partial charge in [-0.2, -0.15) is 18.3 Å². The number of guanidine groups is 1. The molecule has 0 bridgehead atoms. The molecule has 1 aromatic heterocycles. The van der Waals surface area contributed by atoms with Gasteiger partial charge in [0.2, 0.25) is 0 Å². The first kappa shape index (κ1) is 24.7. The molecule has 0 fully saturated rings. The molecule has 9 heteroatoms. The number of rotatable bonds is 10. The van der Waals surface area contributed by atoms with Crippen molar-refractivity contribution in [2.75, 3.05) is 26.3 Å². The van der Waals surface area contributed by atoms with Gasteiger partial charge in [-0.15, -0.1) is 0 Å². The first-order chi connectivity index (χ1) is 14.8. The van der Waals surface area contributed by atoms with Gasteiger partial charge in [0.15, 0.2) is 5.96 Å². The number of hydrogen-bond acceptors (Lipinski definition) is 3. The number of aryl methyl sites for hydroxylation is 2. The average Bonchev–Trinajstić information content (AvgIpc) is 3.05. The van der Waals surface area contributed by atoms with Crippen LogP contribution in [0.1, 0.15) is 49.2 Å². The van der Waals surface area contributed by atoms with Crippen LogP contribution in [-0.4, -0.2) is 42.0 Å². The van der Waals surface area contributed by atoms with E-state index >= 15 is 0 Å². The number of aliphatic imine (C=N–C) groups is 1. The van der Waals surface area contributed by atoms with Crippen molar-refractivity contribution in [3.63, 3.8) is 0 Å². The number of ether oxygens (including phenoxy) is 1. The van der Waals surface area contributed by atoms with Crippen LogP contribution in [-0.2, 0) is 17.5 Å². The van der Waals surface area contributed by atoms with Crippen LogP contribution in [0, 0.1) is 13.8 Å². The monoisotopic (exact) mass is 439 g/mol. The lowest BCUT2D eigenvalue weighted by molar-refractivity contribution is -0.138. The number of benzene rings is 1. The number of hydrogen-bond donors (Lipinski definition) is 2. The highest BCUT2D eigenvalue weighted by Gasteiger charge is 2.33. The molecule has 0 aliphatic rings. The zero-order valence-corrected chi connectivity index (χ0v) is 18.6. The molecule has 0 saturated heterocycles. The van der Waals surface area contributed by atoms with Gasteiger partial charge in [-0.1, -0.05) is 6.07 Å². The third kappa shape index (κ3) is 7.57. The molecular weight excluding hydrogens is 407 g/mol. The second kappa shape index (κ2) is 11.7. The maximum Gasteiger partial charge on any atom is 0.416 e. The third-order valence-corrected chi connectivity index (χ3v) is 4.62. The largest absolute Gasteiger partial charge is 0.416 e. The second-order valence-corrected chi connectivity index (χ2v) is 7.20. The van der Waals surface area contributed by atoms with Crippen molar-refractivity contribution in [1.82, 2.24) is 20.4 Å². The Balaban J connectivity index is 2.16. The molecule has 0 aliphatic heterocycles. The third-order valence-electron chi connectivity index (χ3n) is 4.62. The van der Waals surface area contributed by atoms with E-state index in [2.05, 4.69) is 20.7 Å². The summed E-state index contributed by atoms with van der Waals surface area (Å²) in [6, 6.07) is 6.09. The summed E-state index contributed by atoms with van der Waals surface area (Å²) in [5.41, 5.74) is 1.33. The molecule has 172 valence electrons. The van der Waals surface area contributed by atoms with Crippen molar-refractivity contribution in [3.8, 4) is 5.69 Å². The van der Waals surface area contributed by atoms with Crippen LogP contribution in [0.15, 0.2) is 29.3 Å². The zero-order chi connectivity index (χ0) is 22.9. The standard InChI is InChI=1S/C22H32F3N5O/c1-5-26-21(27-11-7-8-12-31-6-2)28-15-18-9-10-19(14-20(18)22(23,24)25)30-17(4)13-16(3)29-30/h9-10,13-14H,5-8,11-12,15H2,1-4H3,(H2,26,27,28). The van der Waals surface area contributed by atoms with Crippen LogP contribution in [0.5, 0.6) is 0 Å². The molecule has 31 heavy (non-hydrogen) atoms. The van der Waals surface area contributed by atoms with Crippen molar-refractivity contribution in [2.24, 2.45) is 4.99 Å². The fraction of sp³-hybridized carbons (Fsp3) is 0.545. The van der Waals surface area contributed by atoms with E-state index in [9.17, 15) is 13.2 Å². The summed E-state index contributed by atoms with van der Waals surface area (Å²) in [6.45, 7) is 10.1. The summed E-state index contributed by atoms with van der Waals surface area (Å²) in [6.07, 6.45) is -2.69. The molecule has 2 aromatic rings. The van der Waals surface area contributed by atoms with Crippen molar-refractivity contribution < 1.29 is 17.9 Å². The predicted octanol–water partition coefficient (Wildman–Crippen LogP) is 4.38. The Kier molecular flexibility index (Phi) is 9.36. The van der Waals surface area contributed by atoms with E-state index in [-0.39, 0.29) is 12.1 Å². The van der Waals surface area contributed by atoms with Gasteiger partial charge in [0.05, 0.1) is 23.5 Å². The zero-order valence-electron chi connectivity index (χ0n) is 18.6. The summed E-state index contributed by atoms with van der Waals surface area (Å²) in [7, 11) is 0. The van der Waals surface area contributed by atoms with E-state index < -0.39 is 11.7 Å². The van der Waals surface area contributed by atoms with Crippen molar-refractivity contribution >= 4 is 5.96 Å². The van der Waals surface area contributed by atoms with Gasteiger partial charge in [0, 0.05) is 32.0 Å². The molecule has 2 rings (SSSR count). The minimum absolute atomic E-state index is 0.0828. The van der Waals surface area contributed by atoms with Gasteiger partial charge >= 0.3 is 6.18 Å². The van der Waals surface area contributed by atoms with Gasteiger partial charge in [0.1, 0.15) is 0 Å². The number of unbranched alkanes of at least 4 members (excludes halogenated alkanes) is 1. The van der Waals surface area contributed by atoms with Crippen molar-refractivity contribution in [2.45, 2.75) is 53.3 Å². The normalized spacial score (nSPS) is 12.3. The fourth-order valence-electron chi connectivity index (χ4n) is 3.17. The highest BCUT2D eigenvalue weighted by atomic mass is 19.4. The van der Waals surface area contributed by atoms with E-state index in [4.69, 9.17) is 4.74 Å². The Bertz CT molecular complexity index is 861. The minimum atomic E-state index is -4.48. The van der Waals surface area contributed by atoms with E-state index in [1.807, 2.05) is 33.8 Å². The number of aromatic nitrogens is 2. The average molecular weight is 440 g/mol. The smallest absolute Gasteiger partial charge is 0.382 e. The van der Waals surface area contributed by atoms with E-state index in [1.54, 1.807) is 6.07 Å². The Morgan fingerprint density at radius 2 is 1.90 bits per heavy atom. The molecule has 0 spiro atoms. The van der Waals surface area contributed by atoms with Crippen LogP contribution in [0.25, 0.3) is 5.69 Å². The summed E-state index contributed by atoms with van der Waals surface area (Å²) < 4.78 is 48.1. The van der Waals surface area contributed by atoms with Crippen LogP contribution >= 0.6 is 0 Å². The lowest BCUT2D eigenvalue weighted by atomic mass is 10.1. The summed E-state index contributed by atoms with van der Waals surface area (Å²) in [5, 5.41) is 10.5. The second-order valence-electron chi connectivity index (χ2n) is 7.20. The molecule has 2 N–H and O–H groups in total.